The molecular weight excluding hydrogens is 408 g/mol. The number of ether oxygens (including phenoxy) is 1. The Bertz CT molecular complexity index is 976. The van der Waals surface area contributed by atoms with Crippen molar-refractivity contribution in [2.75, 3.05) is 13.7 Å². The van der Waals surface area contributed by atoms with Crippen molar-refractivity contribution in [2.24, 2.45) is 0 Å². The van der Waals surface area contributed by atoms with Crippen molar-refractivity contribution in [3.63, 3.8) is 0 Å². The smallest absolute Gasteiger partial charge is 0.193 e. The van der Waals surface area contributed by atoms with Gasteiger partial charge in [0.05, 0.1) is 18.2 Å². The molecule has 0 saturated carbocycles. The van der Waals surface area contributed by atoms with Crippen LogP contribution >= 0.6 is 23.8 Å². The highest BCUT2D eigenvalue weighted by Crippen LogP contribution is 2.40. The van der Waals surface area contributed by atoms with Gasteiger partial charge in [-0.05, 0) is 43.3 Å². The lowest BCUT2D eigenvalue weighted by Crippen LogP contribution is -2.47. The first-order valence-corrected chi connectivity index (χ1v) is 10.1. The fourth-order valence-corrected chi connectivity index (χ4v) is 4.04. The summed E-state index contributed by atoms with van der Waals surface area (Å²) in [6.45, 7) is 4.67. The van der Waals surface area contributed by atoms with Crippen LogP contribution in [0.1, 0.15) is 42.2 Å². The molecule has 2 aromatic rings. The molecule has 7 heteroatoms. The van der Waals surface area contributed by atoms with E-state index in [1.807, 2.05) is 30.0 Å². The van der Waals surface area contributed by atoms with Gasteiger partial charge >= 0.3 is 0 Å². The molecule has 0 radical (unpaired) electrons. The number of hydrogen-bond acceptors (Lipinski definition) is 4. The molecule has 5 nitrogen and oxygen atoms in total. The van der Waals surface area contributed by atoms with Gasteiger partial charge in [-0.2, -0.15) is 0 Å². The molecule has 1 atom stereocenters. The minimum Gasteiger partial charge on any atom is -0.503 e. The number of ketones is 1. The van der Waals surface area contributed by atoms with Gasteiger partial charge in [0.2, 0.25) is 0 Å². The van der Waals surface area contributed by atoms with Crippen LogP contribution in [0.5, 0.6) is 11.5 Å². The number of phenolic OH excluding ortho intramolecular Hbond substituents is 1. The molecular formula is C22H23ClN2O3S. The molecule has 1 heterocycles. The van der Waals surface area contributed by atoms with Crippen molar-refractivity contribution in [2.45, 2.75) is 26.3 Å². The molecule has 1 aliphatic rings. The zero-order chi connectivity index (χ0) is 21.1. The second-order valence-corrected chi connectivity index (χ2v) is 7.58. The normalized spacial score (nSPS) is 16.6. The Kier molecular flexibility index (Phi) is 6.45. The Balaban J connectivity index is 2.18. The summed E-state index contributed by atoms with van der Waals surface area (Å²) in [4.78, 5) is 15.4. The van der Waals surface area contributed by atoms with Gasteiger partial charge < -0.3 is 20.1 Å². The number of rotatable bonds is 6. The maximum atomic E-state index is 13.5. The van der Waals surface area contributed by atoms with Crippen LogP contribution in [0.4, 0.5) is 0 Å². The van der Waals surface area contributed by atoms with Crippen LogP contribution in [0.3, 0.4) is 0 Å². The van der Waals surface area contributed by atoms with Crippen LogP contribution in [0.25, 0.3) is 0 Å². The van der Waals surface area contributed by atoms with Crippen molar-refractivity contribution in [1.29, 1.82) is 0 Å². The zero-order valence-electron chi connectivity index (χ0n) is 16.5. The van der Waals surface area contributed by atoms with Crippen LogP contribution in [0.2, 0.25) is 5.02 Å². The molecule has 1 unspecified atom stereocenters. The third-order valence-electron chi connectivity index (χ3n) is 4.93. The third kappa shape index (κ3) is 4.09. The summed E-state index contributed by atoms with van der Waals surface area (Å²) < 4.78 is 5.24. The lowest BCUT2D eigenvalue weighted by atomic mass is 9.89. The summed E-state index contributed by atoms with van der Waals surface area (Å²) in [5.41, 5.74) is 2.66. The van der Waals surface area contributed by atoms with Gasteiger partial charge in [-0.1, -0.05) is 48.9 Å². The van der Waals surface area contributed by atoms with E-state index >= 15 is 0 Å². The molecule has 1 aliphatic heterocycles. The number of thiocarbonyl (C=S) groups is 1. The highest BCUT2D eigenvalue weighted by atomic mass is 35.5. The monoisotopic (exact) mass is 430 g/mol. The minimum atomic E-state index is -0.518. The largest absolute Gasteiger partial charge is 0.503 e. The zero-order valence-corrected chi connectivity index (χ0v) is 18.1. The number of halogens is 1. The fourth-order valence-electron chi connectivity index (χ4n) is 3.48. The average molecular weight is 431 g/mol. The number of Topliss-reactive ketones (excluding diaryl/α,β-unsaturated/α-hetero) is 1. The number of carbonyl (C=O) groups is 1. The van der Waals surface area contributed by atoms with Gasteiger partial charge in [0.15, 0.2) is 22.4 Å². The molecule has 0 aliphatic carbocycles. The molecule has 0 fully saturated rings. The lowest BCUT2D eigenvalue weighted by Gasteiger charge is -2.38. The van der Waals surface area contributed by atoms with Crippen LogP contribution < -0.4 is 10.1 Å². The molecule has 0 bridgehead atoms. The standard InChI is InChI=1S/C22H23ClN2O3S/c1-4-10-25-13(2)18(20(26)14-8-6-5-7-9-14)19(24-22(25)29)15-11-16(23)21(27)17(12-15)28-3/h5-9,11-12,19,27H,4,10H2,1-3H3,(H,24,29). The van der Waals surface area contributed by atoms with Crippen LogP contribution in [-0.4, -0.2) is 34.6 Å². The number of nitrogens with one attached hydrogen (secondary N) is 1. The summed E-state index contributed by atoms with van der Waals surface area (Å²) in [7, 11) is 1.45. The fraction of sp³-hybridized carbons (Fsp3) is 0.273. The Labute approximate surface area is 180 Å². The van der Waals surface area contributed by atoms with Crippen molar-refractivity contribution >= 4 is 34.7 Å². The Hall–Kier alpha value is -2.57. The number of aromatic hydroxyl groups is 1. The van der Waals surface area contributed by atoms with Gasteiger partial charge in [0, 0.05) is 23.4 Å². The Morgan fingerprint density at radius 2 is 2.00 bits per heavy atom. The van der Waals surface area contributed by atoms with Crippen LogP contribution in [-0.2, 0) is 0 Å². The van der Waals surface area contributed by atoms with E-state index in [2.05, 4.69) is 12.2 Å². The highest BCUT2D eigenvalue weighted by molar-refractivity contribution is 7.80. The quantitative estimate of drug-likeness (QED) is 0.504. The number of hydrogen-bond donors (Lipinski definition) is 2. The lowest BCUT2D eigenvalue weighted by molar-refractivity contribution is 0.102. The van der Waals surface area contributed by atoms with E-state index in [1.54, 1.807) is 24.3 Å². The molecule has 152 valence electrons. The Morgan fingerprint density at radius 1 is 1.31 bits per heavy atom. The second kappa shape index (κ2) is 8.84. The first-order chi connectivity index (χ1) is 13.9. The summed E-state index contributed by atoms with van der Waals surface area (Å²) in [6.07, 6.45) is 0.884. The van der Waals surface area contributed by atoms with Crippen LogP contribution in [0.15, 0.2) is 53.7 Å². The first-order valence-electron chi connectivity index (χ1n) is 9.34. The average Bonchev–Trinajstić information content (AvgIpc) is 2.72. The third-order valence-corrected chi connectivity index (χ3v) is 5.55. The first kappa shape index (κ1) is 21.1. The summed E-state index contributed by atoms with van der Waals surface area (Å²) in [5.74, 6) is 0.00767. The summed E-state index contributed by atoms with van der Waals surface area (Å²) in [5, 5.41) is 14.1. The second-order valence-electron chi connectivity index (χ2n) is 6.78. The van der Waals surface area contributed by atoms with E-state index in [0.29, 0.717) is 28.4 Å². The molecule has 0 spiro atoms. The molecule has 0 saturated heterocycles. The maximum absolute atomic E-state index is 13.5. The highest BCUT2D eigenvalue weighted by Gasteiger charge is 2.34. The van der Waals surface area contributed by atoms with E-state index in [-0.39, 0.29) is 22.3 Å². The van der Waals surface area contributed by atoms with E-state index in [0.717, 1.165) is 12.1 Å². The maximum Gasteiger partial charge on any atom is 0.193 e. The summed E-state index contributed by atoms with van der Waals surface area (Å²) >= 11 is 11.8. The molecule has 0 amide bonds. The molecule has 0 aromatic heterocycles. The van der Waals surface area contributed by atoms with Crippen molar-refractivity contribution in [3.8, 4) is 11.5 Å². The molecule has 2 N–H and O–H groups in total. The van der Waals surface area contributed by atoms with Gasteiger partial charge in [0.25, 0.3) is 0 Å². The summed E-state index contributed by atoms with van der Waals surface area (Å²) in [6, 6.07) is 11.9. The van der Waals surface area contributed by atoms with E-state index in [1.165, 1.54) is 7.11 Å². The predicted octanol–water partition coefficient (Wildman–Crippen LogP) is 4.85. The van der Waals surface area contributed by atoms with Gasteiger partial charge in [-0.15, -0.1) is 0 Å². The number of benzene rings is 2. The van der Waals surface area contributed by atoms with E-state index in [9.17, 15) is 9.90 Å². The minimum absolute atomic E-state index is 0.0904. The number of allylic oxidation sites excluding steroid dienone is 1. The molecule has 3 rings (SSSR count). The van der Waals surface area contributed by atoms with Gasteiger partial charge in [0.1, 0.15) is 0 Å². The van der Waals surface area contributed by atoms with Crippen molar-refractivity contribution in [1.82, 2.24) is 10.2 Å². The SMILES string of the molecule is CCCN1C(=S)NC(c2cc(Cl)c(O)c(OC)c2)C(C(=O)c2ccccc2)=C1C. The van der Waals surface area contributed by atoms with Crippen molar-refractivity contribution < 1.29 is 14.6 Å². The van der Waals surface area contributed by atoms with Crippen LogP contribution in [0, 0.1) is 0 Å². The van der Waals surface area contributed by atoms with E-state index < -0.39 is 6.04 Å². The molecule has 29 heavy (non-hydrogen) atoms. The van der Waals surface area contributed by atoms with E-state index in [4.69, 9.17) is 28.6 Å². The number of carbonyl (C=O) groups excluding carboxylic acids is 1. The predicted molar refractivity (Wildman–Crippen MR) is 119 cm³/mol. The van der Waals surface area contributed by atoms with Gasteiger partial charge in [-0.25, -0.2) is 0 Å². The Morgan fingerprint density at radius 3 is 2.62 bits per heavy atom. The number of phenols is 1. The van der Waals surface area contributed by atoms with Crippen molar-refractivity contribution in [3.05, 3.63) is 69.9 Å². The topological polar surface area (TPSA) is 61.8 Å². The molecule has 2 aromatic carbocycles. The van der Waals surface area contributed by atoms with Gasteiger partial charge in [-0.3, -0.25) is 4.79 Å². The number of methoxy groups -OCH3 is 1. The number of nitrogens with zero attached hydrogens (tertiary/aromatic N) is 1.